The van der Waals surface area contributed by atoms with Gasteiger partial charge in [0.15, 0.2) is 5.78 Å². The van der Waals surface area contributed by atoms with Crippen LogP contribution in [-0.2, 0) is 20.9 Å². The molecule has 0 bridgehead atoms. The molecule has 1 amide bonds. The zero-order valence-electron chi connectivity index (χ0n) is 19.6. The van der Waals surface area contributed by atoms with Crippen molar-refractivity contribution in [1.29, 1.82) is 5.26 Å². The van der Waals surface area contributed by atoms with Gasteiger partial charge in [0.1, 0.15) is 17.5 Å². The number of morpholine rings is 1. The van der Waals surface area contributed by atoms with Gasteiger partial charge in [-0.25, -0.2) is 0 Å². The first-order chi connectivity index (χ1) is 16.5. The number of carbonyl (C=O) groups is 2. The third-order valence-electron chi connectivity index (χ3n) is 6.24. The van der Waals surface area contributed by atoms with Crippen LogP contribution in [0, 0.1) is 11.3 Å². The van der Waals surface area contributed by atoms with Crippen LogP contribution in [0.15, 0.2) is 59.9 Å². The lowest BCUT2D eigenvalue weighted by Crippen LogP contribution is -2.36. The van der Waals surface area contributed by atoms with Gasteiger partial charge in [0.05, 0.1) is 24.6 Å². The lowest BCUT2D eigenvalue weighted by atomic mass is 10.1. The molecule has 2 aromatic carbocycles. The zero-order valence-corrected chi connectivity index (χ0v) is 19.6. The Morgan fingerprint density at radius 3 is 2.18 bits per heavy atom. The maximum absolute atomic E-state index is 12.8. The molecule has 2 heterocycles. The minimum Gasteiger partial charge on any atom is -0.378 e. The van der Waals surface area contributed by atoms with Crippen molar-refractivity contribution in [3.05, 3.63) is 65.5 Å². The fourth-order valence-corrected chi connectivity index (χ4v) is 4.34. The summed E-state index contributed by atoms with van der Waals surface area (Å²) in [7, 11) is 3.67. The highest BCUT2D eigenvalue weighted by Crippen LogP contribution is 2.40. The zero-order chi connectivity index (χ0) is 24.1. The van der Waals surface area contributed by atoms with Crippen LogP contribution in [0.4, 0.5) is 17.1 Å². The first-order valence-corrected chi connectivity index (χ1v) is 11.4. The number of nitriles is 1. The average molecular weight is 460 g/mol. The number of amides is 1. The number of ether oxygens (including phenoxy) is 1. The third kappa shape index (κ3) is 4.90. The van der Waals surface area contributed by atoms with E-state index in [1.807, 2.05) is 72.4 Å². The van der Waals surface area contributed by atoms with Gasteiger partial charge in [0, 0.05) is 52.3 Å². The van der Waals surface area contributed by atoms with Crippen LogP contribution in [-0.4, -0.2) is 52.1 Å². The van der Waals surface area contributed by atoms with Gasteiger partial charge in [-0.15, -0.1) is 0 Å². The standard InChI is InChI=1S/C26H29N5O3/c1-29-22-5-3-4-6-23(22)30(2)26(29)21(17-27)24(32)11-12-25(33)28-18-19-7-9-20(10-8-19)31-13-15-34-16-14-31/h3-10H,11-16,18H2,1-2H3,(H,28,33). The summed E-state index contributed by atoms with van der Waals surface area (Å²) >= 11 is 0. The van der Waals surface area contributed by atoms with E-state index in [9.17, 15) is 14.9 Å². The van der Waals surface area contributed by atoms with Crippen molar-refractivity contribution in [2.75, 3.05) is 55.1 Å². The predicted octanol–water partition coefficient (Wildman–Crippen LogP) is 2.81. The summed E-state index contributed by atoms with van der Waals surface area (Å²) in [6.45, 7) is 3.62. The van der Waals surface area contributed by atoms with Crippen LogP contribution in [0.25, 0.3) is 0 Å². The highest BCUT2D eigenvalue weighted by molar-refractivity contribution is 6.03. The molecule has 8 nitrogen and oxygen atoms in total. The molecule has 0 aromatic heterocycles. The summed E-state index contributed by atoms with van der Waals surface area (Å²) in [5.74, 6) is -0.0206. The van der Waals surface area contributed by atoms with Gasteiger partial charge in [-0.2, -0.15) is 5.26 Å². The molecule has 2 aromatic rings. The van der Waals surface area contributed by atoms with Crippen molar-refractivity contribution < 1.29 is 14.3 Å². The molecule has 176 valence electrons. The highest BCUT2D eigenvalue weighted by atomic mass is 16.5. The quantitative estimate of drug-likeness (QED) is 0.503. The minimum absolute atomic E-state index is 0.0216. The first kappa shape index (κ1) is 23.3. The molecule has 2 aliphatic rings. The van der Waals surface area contributed by atoms with Crippen molar-refractivity contribution in [2.45, 2.75) is 19.4 Å². The molecule has 2 aliphatic heterocycles. The topological polar surface area (TPSA) is 88.9 Å². The molecule has 0 spiro atoms. The summed E-state index contributed by atoms with van der Waals surface area (Å²) in [6, 6.07) is 17.9. The Kier molecular flexibility index (Phi) is 7.14. The van der Waals surface area contributed by atoms with E-state index in [4.69, 9.17) is 4.74 Å². The molecule has 0 atom stereocenters. The van der Waals surface area contributed by atoms with E-state index < -0.39 is 0 Å². The second kappa shape index (κ2) is 10.4. The minimum atomic E-state index is -0.339. The molecule has 0 unspecified atom stereocenters. The van der Waals surface area contributed by atoms with E-state index in [2.05, 4.69) is 16.3 Å². The summed E-state index contributed by atoms with van der Waals surface area (Å²) in [5, 5.41) is 12.6. The number of hydrogen-bond acceptors (Lipinski definition) is 7. The summed E-state index contributed by atoms with van der Waals surface area (Å²) in [5.41, 5.74) is 4.05. The molecule has 8 heteroatoms. The molecular weight excluding hydrogens is 430 g/mol. The van der Waals surface area contributed by atoms with E-state index in [-0.39, 0.29) is 30.1 Å². The number of Topliss-reactive ketones (excluding diaryl/α,β-unsaturated/α-hetero) is 1. The maximum Gasteiger partial charge on any atom is 0.220 e. The fraction of sp³-hybridized carbons (Fsp3) is 0.346. The van der Waals surface area contributed by atoms with Crippen LogP contribution in [0.5, 0.6) is 0 Å². The molecule has 34 heavy (non-hydrogen) atoms. The Morgan fingerprint density at radius 2 is 1.59 bits per heavy atom. The van der Waals surface area contributed by atoms with Gasteiger partial charge < -0.3 is 24.8 Å². The van der Waals surface area contributed by atoms with Crippen molar-refractivity contribution in [2.24, 2.45) is 0 Å². The van der Waals surface area contributed by atoms with Crippen molar-refractivity contribution in [1.82, 2.24) is 5.32 Å². The predicted molar refractivity (Wildman–Crippen MR) is 131 cm³/mol. The number of fused-ring (bicyclic) bond motifs is 1. The Bertz CT molecular complexity index is 1100. The lowest BCUT2D eigenvalue weighted by Gasteiger charge is -2.28. The van der Waals surface area contributed by atoms with Gasteiger partial charge in [0.25, 0.3) is 0 Å². The molecule has 1 N–H and O–H groups in total. The van der Waals surface area contributed by atoms with Crippen LogP contribution in [0.1, 0.15) is 18.4 Å². The molecule has 0 aliphatic carbocycles. The fourth-order valence-electron chi connectivity index (χ4n) is 4.34. The largest absolute Gasteiger partial charge is 0.378 e. The third-order valence-corrected chi connectivity index (χ3v) is 6.24. The Balaban J connectivity index is 1.31. The van der Waals surface area contributed by atoms with E-state index in [0.29, 0.717) is 12.4 Å². The van der Waals surface area contributed by atoms with Crippen LogP contribution in [0.3, 0.4) is 0 Å². The van der Waals surface area contributed by atoms with Crippen molar-refractivity contribution in [3.8, 4) is 6.07 Å². The normalized spacial score (nSPS) is 15.1. The number of carbonyl (C=O) groups excluding carboxylic acids is 2. The average Bonchev–Trinajstić information content (AvgIpc) is 3.13. The number of benzene rings is 2. The number of anilines is 3. The Hall–Kier alpha value is -3.83. The first-order valence-electron chi connectivity index (χ1n) is 11.4. The van der Waals surface area contributed by atoms with Gasteiger partial charge >= 0.3 is 0 Å². The van der Waals surface area contributed by atoms with Crippen LogP contribution in [0.2, 0.25) is 0 Å². The van der Waals surface area contributed by atoms with E-state index >= 15 is 0 Å². The van der Waals surface area contributed by atoms with Gasteiger partial charge in [-0.1, -0.05) is 24.3 Å². The monoisotopic (exact) mass is 459 g/mol. The van der Waals surface area contributed by atoms with Crippen molar-refractivity contribution >= 4 is 28.8 Å². The SMILES string of the molecule is CN1C(=C(C#N)C(=O)CCC(=O)NCc2ccc(N3CCOCC3)cc2)N(C)c2ccccc21. The number of para-hydroxylation sites is 2. The second-order valence-electron chi connectivity index (χ2n) is 8.38. The smallest absolute Gasteiger partial charge is 0.220 e. The molecule has 0 saturated carbocycles. The highest BCUT2D eigenvalue weighted by Gasteiger charge is 2.31. The van der Waals surface area contributed by atoms with Gasteiger partial charge in [-0.05, 0) is 29.8 Å². The van der Waals surface area contributed by atoms with E-state index in [0.717, 1.165) is 48.9 Å². The second-order valence-corrected chi connectivity index (χ2v) is 8.38. The number of rotatable bonds is 7. The lowest BCUT2D eigenvalue weighted by molar-refractivity contribution is -0.124. The van der Waals surface area contributed by atoms with Crippen LogP contribution < -0.4 is 20.0 Å². The van der Waals surface area contributed by atoms with E-state index in [1.54, 1.807) is 0 Å². The molecule has 1 saturated heterocycles. The number of nitrogens with one attached hydrogen (secondary N) is 1. The molecule has 1 fully saturated rings. The number of ketones is 1. The van der Waals surface area contributed by atoms with Crippen molar-refractivity contribution in [3.63, 3.8) is 0 Å². The Morgan fingerprint density at radius 1 is 0.971 bits per heavy atom. The summed E-state index contributed by atoms with van der Waals surface area (Å²) < 4.78 is 5.39. The number of hydrogen-bond donors (Lipinski definition) is 1. The van der Waals surface area contributed by atoms with Gasteiger partial charge in [-0.3, -0.25) is 9.59 Å². The molecular formula is C26H29N5O3. The number of nitrogens with zero attached hydrogens (tertiary/aromatic N) is 4. The Labute approximate surface area is 200 Å². The number of allylic oxidation sites excluding steroid dienone is 1. The van der Waals surface area contributed by atoms with Crippen LogP contribution >= 0.6 is 0 Å². The maximum atomic E-state index is 12.8. The van der Waals surface area contributed by atoms with E-state index in [1.165, 1.54) is 0 Å². The summed E-state index contributed by atoms with van der Waals surface area (Å²) in [6.07, 6.45) is 0.00968. The molecule has 4 rings (SSSR count). The van der Waals surface area contributed by atoms with Gasteiger partial charge in [0.2, 0.25) is 5.91 Å². The summed E-state index contributed by atoms with van der Waals surface area (Å²) in [4.78, 5) is 31.2. The molecule has 0 radical (unpaired) electrons.